The molecule has 1 fully saturated rings. The van der Waals surface area contributed by atoms with E-state index in [9.17, 15) is 9.59 Å². The molecule has 0 spiro atoms. The zero-order valence-corrected chi connectivity index (χ0v) is 19.5. The highest BCUT2D eigenvalue weighted by Crippen LogP contribution is 2.39. The number of methoxy groups -OCH3 is 3. The van der Waals surface area contributed by atoms with E-state index in [1.165, 1.54) is 43.6 Å². The van der Waals surface area contributed by atoms with Gasteiger partial charge in [0.25, 0.3) is 5.56 Å². The van der Waals surface area contributed by atoms with E-state index in [1.54, 1.807) is 12.1 Å². The fourth-order valence-electron chi connectivity index (χ4n) is 3.35. The Morgan fingerprint density at radius 1 is 1.12 bits per heavy atom. The number of ether oxygens (including phenoxy) is 3. The Balaban J connectivity index is 1.54. The van der Waals surface area contributed by atoms with Gasteiger partial charge in [-0.25, -0.2) is 4.98 Å². The lowest BCUT2D eigenvalue weighted by atomic mass is 10.2. The Morgan fingerprint density at radius 2 is 1.81 bits per heavy atom. The van der Waals surface area contributed by atoms with Gasteiger partial charge in [0, 0.05) is 42.4 Å². The molecule has 32 heavy (non-hydrogen) atoms. The Hall–Kier alpha value is -2.99. The number of fused-ring (bicyclic) bond motifs is 1. The zero-order chi connectivity index (χ0) is 22.7. The van der Waals surface area contributed by atoms with Crippen molar-refractivity contribution in [3.05, 3.63) is 28.8 Å². The van der Waals surface area contributed by atoms with Crippen molar-refractivity contribution in [2.45, 2.75) is 6.54 Å². The van der Waals surface area contributed by atoms with Crippen molar-refractivity contribution >= 4 is 50.2 Å². The smallest absolute Gasteiger partial charge is 0.273 e. The number of thiazole rings is 1. The summed E-state index contributed by atoms with van der Waals surface area (Å²) in [5.74, 6) is 2.93. The number of rotatable bonds is 7. The first-order chi connectivity index (χ1) is 15.5. The van der Waals surface area contributed by atoms with E-state index in [4.69, 9.17) is 14.2 Å². The summed E-state index contributed by atoms with van der Waals surface area (Å²) < 4.78 is 17.6. The first-order valence-electron chi connectivity index (χ1n) is 9.82. The van der Waals surface area contributed by atoms with E-state index in [0.717, 1.165) is 29.7 Å². The standard InChI is InChI=1S/C20H23N5O5S2/c1-28-13-8-12(9-14(29-2)16(13)30-3)22-15(26)10-25-11-21-18-17(19(25)27)32-20(23-18)24-4-6-31-7-5-24/h8-9,11H,4-7,10H2,1-3H3,(H,22,26). The van der Waals surface area contributed by atoms with E-state index in [0.29, 0.717) is 33.3 Å². The molecule has 1 saturated heterocycles. The number of carbonyl (C=O) groups is 1. The quantitative estimate of drug-likeness (QED) is 0.547. The average Bonchev–Trinajstić information content (AvgIpc) is 3.26. The summed E-state index contributed by atoms with van der Waals surface area (Å²) in [6, 6.07) is 3.24. The normalized spacial score (nSPS) is 13.8. The Bertz CT molecular complexity index is 1160. The Kier molecular flexibility index (Phi) is 6.70. The molecule has 1 aliphatic rings. The SMILES string of the molecule is COc1cc(NC(=O)Cn2cnc3nc(N4CCSCC4)sc3c2=O)cc(OC)c1OC. The van der Waals surface area contributed by atoms with E-state index in [2.05, 4.69) is 20.2 Å². The second-order valence-electron chi connectivity index (χ2n) is 6.89. The van der Waals surface area contributed by atoms with Crippen molar-refractivity contribution in [3.8, 4) is 17.2 Å². The molecule has 3 heterocycles. The molecule has 0 aliphatic carbocycles. The number of hydrogen-bond acceptors (Lipinski definition) is 10. The molecule has 2 aromatic heterocycles. The number of thioether (sulfide) groups is 1. The molecular formula is C20H23N5O5S2. The van der Waals surface area contributed by atoms with E-state index < -0.39 is 0 Å². The van der Waals surface area contributed by atoms with Crippen molar-refractivity contribution in [3.63, 3.8) is 0 Å². The van der Waals surface area contributed by atoms with Gasteiger partial charge in [-0.15, -0.1) is 0 Å². The lowest BCUT2D eigenvalue weighted by Gasteiger charge is -2.25. The van der Waals surface area contributed by atoms with Gasteiger partial charge in [-0.05, 0) is 0 Å². The number of aromatic nitrogens is 3. The lowest BCUT2D eigenvalue weighted by molar-refractivity contribution is -0.116. The minimum atomic E-state index is -0.389. The third-order valence-electron chi connectivity index (χ3n) is 4.92. The fourth-order valence-corrected chi connectivity index (χ4v) is 5.27. The molecule has 1 amide bonds. The molecule has 0 atom stereocenters. The van der Waals surface area contributed by atoms with Crippen LogP contribution >= 0.6 is 23.1 Å². The number of nitrogens with one attached hydrogen (secondary N) is 1. The molecule has 1 aliphatic heterocycles. The van der Waals surface area contributed by atoms with Crippen molar-refractivity contribution in [1.82, 2.24) is 14.5 Å². The number of anilines is 2. The van der Waals surface area contributed by atoms with E-state index >= 15 is 0 Å². The number of benzene rings is 1. The van der Waals surface area contributed by atoms with Crippen LogP contribution in [0.25, 0.3) is 10.3 Å². The number of carbonyl (C=O) groups excluding carboxylic acids is 1. The predicted molar refractivity (Wildman–Crippen MR) is 126 cm³/mol. The lowest BCUT2D eigenvalue weighted by Crippen LogP contribution is -2.32. The van der Waals surface area contributed by atoms with Gasteiger partial charge < -0.3 is 24.4 Å². The van der Waals surface area contributed by atoms with Crippen LogP contribution in [0.15, 0.2) is 23.3 Å². The van der Waals surface area contributed by atoms with Crippen molar-refractivity contribution in [2.24, 2.45) is 0 Å². The van der Waals surface area contributed by atoms with Crippen LogP contribution in [0.5, 0.6) is 17.2 Å². The van der Waals surface area contributed by atoms with Crippen molar-refractivity contribution < 1.29 is 19.0 Å². The molecule has 12 heteroatoms. The maximum absolute atomic E-state index is 12.9. The molecule has 3 aromatic rings. The molecule has 1 N–H and O–H groups in total. The highest BCUT2D eigenvalue weighted by molar-refractivity contribution is 7.99. The summed E-state index contributed by atoms with van der Waals surface area (Å²) >= 11 is 3.23. The Morgan fingerprint density at radius 3 is 2.44 bits per heavy atom. The van der Waals surface area contributed by atoms with Gasteiger partial charge in [-0.1, -0.05) is 11.3 Å². The third kappa shape index (κ3) is 4.46. The molecule has 10 nitrogen and oxygen atoms in total. The van der Waals surface area contributed by atoms with E-state index in [1.807, 2.05) is 11.8 Å². The minimum Gasteiger partial charge on any atom is -0.493 e. The maximum atomic E-state index is 12.9. The second-order valence-corrected chi connectivity index (χ2v) is 9.09. The molecule has 170 valence electrons. The predicted octanol–water partition coefficient (Wildman–Crippen LogP) is 2.07. The van der Waals surface area contributed by atoms with Gasteiger partial charge in [0.05, 0.1) is 21.3 Å². The third-order valence-corrected chi connectivity index (χ3v) is 6.95. The highest BCUT2D eigenvalue weighted by atomic mass is 32.2. The van der Waals surface area contributed by atoms with Crippen LogP contribution in [-0.2, 0) is 11.3 Å². The van der Waals surface area contributed by atoms with Crippen LogP contribution in [0.3, 0.4) is 0 Å². The van der Waals surface area contributed by atoms with Gasteiger partial charge in [-0.2, -0.15) is 16.7 Å². The summed E-state index contributed by atoms with van der Waals surface area (Å²) in [4.78, 5) is 36.5. The monoisotopic (exact) mass is 477 g/mol. The summed E-state index contributed by atoms with van der Waals surface area (Å²) in [6.07, 6.45) is 1.36. The molecule has 4 rings (SSSR count). The van der Waals surface area contributed by atoms with Gasteiger partial charge in [0.15, 0.2) is 22.3 Å². The summed E-state index contributed by atoms with van der Waals surface area (Å²) in [5.41, 5.74) is 0.578. The highest BCUT2D eigenvalue weighted by Gasteiger charge is 2.19. The van der Waals surface area contributed by atoms with E-state index in [-0.39, 0.29) is 18.0 Å². The van der Waals surface area contributed by atoms with Gasteiger partial charge >= 0.3 is 0 Å². The summed E-state index contributed by atoms with van der Waals surface area (Å²) in [5, 5.41) is 3.55. The number of hydrogen-bond donors (Lipinski definition) is 1. The first kappa shape index (κ1) is 22.2. The molecule has 0 bridgehead atoms. The van der Waals surface area contributed by atoms with Crippen molar-refractivity contribution in [1.29, 1.82) is 0 Å². The average molecular weight is 478 g/mol. The largest absolute Gasteiger partial charge is 0.493 e. The van der Waals surface area contributed by atoms with Crippen LogP contribution in [0.4, 0.5) is 10.8 Å². The summed E-state index contributed by atoms with van der Waals surface area (Å²) in [7, 11) is 4.49. The topological polar surface area (TPSA) is 108 Å². The number of nitrogens with zero attached hydrogens (tertiary/aromatic N) is 4. The number of amides is 1. The fraction of sp³-hybridized carbons (Fsp3) is 0.400. The van der Waals surface area contributed by atoms with Gasteiger partial charge in [0.2, 0.25) is 11.7 Å². The molecular weight excluding hydrogens is 454 g/mol. The first-order valence-corrected chi connectivity index (χ1v) is 11.8. The van der Waals surface area contributed by atoms with Crippen LogP contribution in [0.2, 0.25) is 0 Å². The van der Waals surface area contributed by atoms with Gasteiger partial charge in [0.1, 0.15) is 17.6 Å². The van der Waals surface area contributed by atoms with Crippen LogP contribution < -0.4 is 30.0 Å². The molecule has 0 radical (unpaired) electrons. The molecule has 1 aromatic carbocycles. The van der Waals surface area contributed by atoms with Gasteiger partial charge in [-0.3, -0.25) is 14.2 Å². The second kappa shape index (κ2) is 9.65. The van der Waals surface area contributed by atoms with Crippen LogP contribution in [0, 0.1) is 0 Å². The molecule has 0 unspecified atom stereocenters. The molecule has 0 saturated carbocycles. The minimum absolute atomic E-state index is 0.188. The maximum Gasteiger partial charge on any atom is 0.273 e. The summed E-state index contributed by atoms with van der Waals surface area (Å²) in [6.45, 7) is 1.61. The zero-order valence-electron chi connectivity index (χ0n) is 17.9. The van der Waals surface area contributed by atoms with Crippen LogP contribution in [-0.4, -0.2) is 66.4 Å². The Labute approximate surface area is 192 Å². The van der Waals surface area contributed by atoms with Crippen LogP contribution in [0.1, 0.15) is 0 Å². The van der Waals surface area contributed by atoms with Crippen molar-refractivity contribution in [2.75, 3.05) is 56.1 Å².